The summed E-state index contributed by atoms with van der Waals surface area (Å²) in [5.41, 5.74) is 3.28. The molecule has 0 amide bonds. The predicted octanol–water partition coefficient (Wildman–Crippen LogP) is 3.46. The van der Waals surface area contributed by atoms with E-state index in [9.17, 15) is 9.90 Å². The van der Waals surface area contributed by atoms with E-state index in [1.165, 1.54) is 11.1 Å². The summed E-state index contributed by atoms with van der Waals surface area (Å²) in [6.07, 6.45) is 4.51. The molecule has 5 rings (SSSR count). The fourth-order valence-corrected chi connectivity index (χ4v) is 5.23. The van der Waals surface area contributed by atoms with Crippen LogP contribution in [0.3, 0.4) is 0 Å². The Morgan fingerprint density at radius 1 is 1.07 bits per heavy atom. The minimum atomic E-state index is -0.567. The van der Waals surface area contributed by atoms with E-state index in [0.29, 0.717) is 18.7 Å². The number of hydrogen-bond acceptors (Lipinski definition) is 4. The first-order valence-corrected chi connectivity index (χ1v) is 10.9. The summed E-state index contributed by atoms with van der Waals surface area (Å²) in [5, 5.41) is 11.6. The Morgan fingerprint density at radius 3 is 2.77 bits per heavy atom. The highest BCUT2D eigenvalue weighted by Crippen LogP contribution is 2.42. The number of ketones is 1. The summed E-state index contributed by atoms with van der Waals surface area (Å²) in [5.74, 6) is 1.18. The third-order valence-electron chi connectivity index (χ3n) is 6.85. The van der Waals surface area contributed by atoms with Crippen LogP contribution in [0, 0.1) is 0 Å². The number of hydrogen-bond donors (Lipinski definition) is 2. The van der Waals surface area contributed by atoms with E-state index < -0.39 is 6.10 Å². The minimum Gasteiger partial charge on any atom is -0.490 e. The Hall–Kier alpha value is -2.63. The first kappa shape index (κ1) is 19.3. The molecule has 1 atom stereocenters. The molecule has 1 aliphatic carbocycles. The van der Waals surface area contributed by atoms with E-state index in [2.05, 4.69) is 34.1 Å². The Morgan fingerprint density at radius 2 is 1.90 bits per heavy atom. The zero-order chi connectivity index (χ0) is 20.6. The molecule has 1 spiro atoms. The number of aromatic nitrogens is 1. The second kappa shape index (κ2) is 7.89. The molecule has 2 heterocycles. The average Bonchev–Trinajstić information content (AvgIpc) is 3.26. The first-order chi connectivity index (χ1) is 14.7. The topological polar surface area (TPSA) is 65.6 Å². The number of fused-ring (bicyclic) bond motifs is 3. The van der Waals surface area contributed by atoms with E-state index >= 15 is 0 Å². The molecule has 1 fully saturated rings. The molecule has 0 radical (unpaired) electrons. The van der Waals surface area contributed by atoms with Crippen molar-refractivity contribution in [2.45, 2.75) is 37.2 Å². The molecule has 2 aliphatic rings. The van der Waals surface area contributed by atoms with Crippen LogP contribution >= 0.6 is 0 Å². The number of H-pyrrole nitrogens is 1. The van der Waals surface area contributed by atoms with Gasteiger partial charge in [0.15, 0.2) is 0 Å². The minimum absolute atomic E-state index is 0.258. The van der Waals surface area contributed by atoms with Crippen molar-refractivity contribution < 1.29 is 14.6 Å². The molecular weight excluding hydrogens is 376 g/mol. The lowest BCUT2D eigenvalue weighted by Gasteiger charge is -2.44. The van der Waals surface area contributed by atoms with Gasteiger partial charge in [0.2, 0.25) is 0 Å². The molecule has 5 nitrogen and oxygen atoms in total. The fourth-order valence-electron chi connectivity index (χ4n) is 5.23. The van der Waals surface area contributed by atoms with Crippen molar-refractivity contribution in [3.8, 4) is 5.75 Å². The number of likely N-dealkylation sites (tertiary alicyclic amines) is 1. The van der Waals surface area contributed by atoms with Crippen molar-refractivity contribution in [3.63, 3.8) is 0 Å². The van der Waals surface area contributed by atoms with Gasteiger partial charge in [-0.25, -0.2) is 0 Å². The summed E-state index contributed by atoms with van der Waals surface area (Å²) >= 11 is 0. The van der Waals surface area contributed by atoms with E-state index in [0.717, 1.165) is 49.0 Å². The molecule has 156 valence electrons. The Labute approximate surface area is 176 Å². The number of carbonyl (C=O) groups excluding carboxylic acids is 1. The highest BCUT2D eigenvalue weighted by atomic mass is 16.5. The van der Waals surface area contributed by atoms with Gasteiger partial charge in [0.05, 0.1) is 5.41 Å². The number of aryl methyl sites for hydroxylation is 1. The number of rotatable bonds is 5. The molecule has 5 heteroatoms. The molecule has 1 aliphatic heterocycles. The summed E-state index contributed by atoms with van der Waals surface area (Å²) in [4.78, 5) is 18.4. The number of ether oxygens (including phenoxy) is 1. The smallest absolute Gasteiger partial charge is 0.143 e. The second-order valence-corrected chi connectivity index (χ2v) is 8.62. The molecule has 0 bridgehead atoms. The van der Waals surface area contributed by atoms with E-state index in [4.69, 9.17) is 4.74 Å². The number of piperidine rings is 1. The van der Waals surface area contributed by atoms with Crippen molar-refractivity contribution in [1.29, 1.82) is 0 Å². The number of Topliss-reactive ketones (excluding diaryl/α,β-unsaturated/α-hetero) is 1. The lowest BCUT2D eigenvalue weighted by atomic mass is 9.64. The van der Waals surface area contributed by atoms with Crippen LogP contribution in [0.5, 0.6) is 5.75 Å². The maximum absolute atomic E-state index is 12.9. The maximum atomic E-state index is 12.9. The third-order valence-corrected chi connectivity index (χ3v) is 6.85. The molecular formula is C25H28N2O3. The Balaban J connectivity index is 1.19. The van der Waals surface area contributed by atoms with Crippen molar-refractivity contribution in [2.24, 2.45) is 0 Å². The van der Waals surface area contributed by atoms with E-state index in [-0.39, 0.29) is 12.0 Å². The van der Waals surface area contributed by atoms with Gasteiger partial charge in [0, 0.05) is 30.1 Å². The number of aliphatic hydroxyl groups excluding tert-OH is 1. The van der Waals surface area contributed by atoms with Crippen LogP contribution in [0.1, 0.15) is 30.4 Å². The number of β-amino-alcohol motifs (C(OH)–C–C–N with tert-alkyl or cyclic N) is 1. The zero-order valence-corrected chi connectivity index (χ0v) is 17.1. The Kier molecular flexibility index (Phi) is 5.09. The largest absolute Gasteiger partial charge is 0.490 e. The number of nitrogens with zero attached hydrogens (tertiary/aromatic N) is 1. The Bertz CT molecular complexity index is 1050. The molecule has 3 aromatic rings. The number of aliphatic hydroxyl groups is 1. The molecule has 0 unspecified atom stereocenters. The van der Waals surface area contributed by atoms with Crippen LogP contribution < -0.4 is 4.74 Å². The van der Waals surface area contributed by atoms with Gasteiger partial charge in [-0.3, -0.25) is 4.79 Å². The lowest BCUT2D eigenvalue weighted by molar-refractivity contribution is -0.127. The molecule has 2 aromatic carbocycles. The predicted molar refractivity (Wildman–Crippen MR) is 117 cm³/mol. The second-order valence-electron chi connectivity index (χ2n) is 8.62. The van der Waals surface area contributed by atoms with E-state index in [1.807, 2.05) is 30.5 Å². The molecule has 1 aromatic heterocycles. The highest BCUT2D eigenvalue weighted by molar-refractivity contribution is 5.92. The van der Waals surface area contributed by atoms with Gasteiger partial charge in [0.25, 0.3) is 0 Å². The summed E-state index contributed by atoms with van der Waals surface area (Å²) in [6, 6.07) is 16.3. The summed E-state index contributed by atoms with van der Waals surface area (Å²) < 4.78 is 5.90. The SMILES string of the molecule is O=C1CCc2ccccc2C12CCN(C[C@H](O)COc1cccc3[nH]ccc13)CC2. The van der Waals surface area contributed by atoms with Gasteiger partial charge >= 0.3 is 0 Å². The van der Waals surface area contributed by atoms with Crippen molar-refractivity contribution in [3.05, 3.63) is 65.9 Å². The normalized spacial score (nSPS) is 19.7. The number of nitrogens with one attached hydrogen (secondary N) is 1. The molecule has 0 saturated carbocycles. The van der Waals surface area contributed by atoms with Crippen LogP contribution in [-0.2, 0) is 16.6 Å². The van der Waals surface area contributed by atoms with Crippen LogP contribution in [0.4, 0.5) is 0 Å². The standard InChI is InChI=1S/C25H28N2O3/c28-19(17-30-23-7-3-6-22-20(23)10-13-26-22)16-27-14-11-25(12-15-27)21-5-2-1-4-18(21)8-9-24(25)29/h1-7,10,13,19,26,28H,8-9,11-12,14-17H2/t19-/m0/s1. The van der Waals surface area contributed by atoms with Gasteiger partial charge in [-0.15, -0.1) is 0 Å². The monoisotopic (exact) mass is 404 g/mol. The number of aromatic amines is 1. The number of benzene rings is 2. The molecule has 30 heavy (non-hydrogen) atoms. The molecule has 1 saturated heterocycles. The maximum Gasteiger partial charge on any atom is 0.143 e. The zero-order valence-electron chi connectivity index (χ0n) is 17.1. The average molecular weight is 405 g/mol. The van der Waals surface area contributed by atoms with Crippen molar-refractivity contribution >= 4 is 16.7 Å². The first-order valence-electron chi connectivity index (χ1n) is 10.9. The highest BCUT2D eigenvalue weighted by Gasteiger charge is 2.45. The van der Waals surface area contributed by atoms with Crippen molar-refractivity contribution in [2.75, 3.05) is 26.2 Å². The van der Waals surface area contributed by atoms with Crippen molar-refractivity contribution in [1.82, 2.24) is 9.88 Å². The fraction of sp³-hybridized carbons (Fsp3) is 0.400. The van der Waals surface area contributed by atoms with Gasteiger partial charge in [0.1, 0.15) is 24.2 Å². The van der Waals surface area contributed by atoms with Crippen LogP contribution in [0.15, 0.2) is 54.7 Å². The molecule has 2 N–H and O–H groups in total. The van der Waals surface area contributed by atoms with Gasteiger partial charge in [-0.05, 0) is 61.7 Å². The van der Waals surface area contributed by atoms with Gasteiger partial charge < -0.3 is 19.7 Å². The van der Waals surface area contributed by atoms with Gasteiger partial charge in [-0.2, -0.15) is 0 Å². The summed E-state index contributed by atoms with van der Waals surface area (Å²) in [6.45, 7) is 2.47. The third kappa shape index (κ3) is 3.42. The lowest BCUT2D eigenvalue weighted by Crippen LogP contribution is -2.51. The number of carbonyl (C=O) groups is 1. The van der Waals surface area contributed by atoms with Crippen LogP contribution in [0.2, 0.25) is 0 Å². The van der Waals surface area contributed by atoms with Crippen LogP contribution in [0.25, 0.3) is 10.9 Å². The summed E-state index contributed by atoms with van der Waals surface area (Å²) in [7, 11) is 0. The quantitative estimate of drug-likeness (QED) is 0.684. The van der Waals surface area contributed by atoms with E-state index in [1.54, 1.807) is 0 Å². The van der Waals surface area contributed by atoms with Crippen LogP contribution in [-0.4, -0.2) is 53.1 Å². The van der Waals surface area contributed by atoms with Gasteiger partial charge in [-0.1, -0.05) is 30.3 Å².